The number of benzene rings is 1. The van der Waals surface area contributed by atoms with E-state index in [-0.39, 0.29) is 18.3 Å². The molecule has 0 aliphatic carbocycles. The normalized spacial score (nSPS) is 11.0. The summed E-state index contributed by atoms with van der Waals surface area (Å²) in [5.74, 6) is 0.291. The molecule has 0 saturated carbocycles. The summed E-state index contributed by atoms with van der Waals surface area (Å²) in [4.78, 5) is 29.7. The van der Waals surface area contributed by atoms with Crippen LogP contribution in [0.4, 0.5) is 0 Å². The van der Waals surface area contributed by atoms with E-state index in [2.05, 4.69) is 4.98 Å². The molecule has 2 aromatic heterocycles. The smallest absolute Gasteiger partial charge is 0.259 e. The summed E-state index contributed by atoms with van der Waals surface area (Å²) in [5, 5.41) is 0. The Bertz CT molecular complexity index is 923. The predicted octanol–water partition coefficient (Wildman–Crippen LogP) is 2.70. The van der Waals surface area contributed by atoms with E-state index in [0.29, 0.717) is 17.0 Å². The van der Waals surface area contributed by atoms with Crippen molar-refractivity contribution in [2.75, 3.05) is 20.7 Å². The second-order valence-corrected chi connectivity index (χ2v) is 5.93. The van der Waals surface area contributed by atoms with Gasteiger partial charge in [-0.25, -0.2) is 4.98 Å². The van der Waals surface area contributed by atoms with Crippen LogP contribution in [0.2, 0.25) is 0 Å². The number of aromatic nitrogens is 2. The molecular weight excluding hydrogens is 330 g/mol. The van der Waals surface area contributed by atoms with Crippen LogP contribution in [0.25, 0.3) is 11.7 Å². The molecule has 6 nitrogen and oxygen atoms in total. The van der Waals surface area contributed by atoms with Gasteiger partial charge in [-0.2, -0.15) is 0 Å². The van der Waals surface area contributed by atoms with Crippen molar-refractivity contribution in [2.24, 2.45) is 0 Å². The summed E-state index contributed by atoms with van der Waals surface area (Å²) in [6.45, 7) is -0.0337. The lowest BCUT2D eigenvalue weighted by atomic mass is 10.1. The van der Waals surface area contributed by atoms with Crippen LogP contribution in [-0.4, -0.2) is 46.7 Å². The molecule has 3 rings (SSSR count). The lowest BCUT2D eigenvalue weighted by Crippen LogP contribution is -2.27. The molecule has 0 N–H and O–H groups in total. The summed E-state index contributed by atoms with van der Waals surface area (Å²) >= 11 is 0. The highest BCUT2D eigenvalue weighted by molar-refractivity contribution is 6.06. The number of ketones is 1. The minimum atomic E-state index is -0.127. The minimum Gasteiger partial charge on any atom is -0.484 e. The number of pyridine rings is 1. The van der Waals surface area contributed by atoms with Crippen LogP contribution >= 0.6 is 0 Å². The number of imidazole rings is 1. The van der Waals surface area contributed by atoms with Crippen LogP contribution in [0, 0.1) is 0 Å². The Kier molecular flexibility index (Phi) is 5.12. The fourth-order valence-electron chi connectivity index (χ4n) is 2.28. The van der Waals surface area contributed by atoms with Crippen molar-refractivity contribution in [3.63, 3.8) is 0 Å². The van der Waals surface area contributed by atoms with Gasteiger partial charge in [-0.3, -0.25) is 9.59 Å². The van der Waals surface area contributed by atoms with Crippen molar-refractivity contribution in [3.8, 4) is 5.75 Å². The average molecular weight is 349 g/mol. The molecule has 1 aromatic carbocycles. The first kappa shape index (κ1) is 17.4. The third kappa shape index (κ3) is 4.16. The molecule has 0 aliphatic heterocycles. The van der Waals surface area contributed by atoms with Crippen LogP contribution in [0.5, 0.6) is 5.75 Å². The number of fused-ring (bicyclic) bond motifs is 1. The number of carbonyl (C=O) groups excluding carboxylic acids is 2. The van der Waals surface area contributed by atoms with Gasteiger partial charge in [0.05, 0.1) is 5.69 Å². The molecule has 0 saturated heterocycles. The molecule has 0 aliphatic rings. The van der Waals surface area contributed by atoms with Crippen LogP contribution in [-0.2, 0) is 4.79 Å². The third-order valence-electron chi connectivity index (χ3n) is 3.79. The highest BCUT2D eigenvalue weighted by Crippen LogP contribution is 2.14. The van der Waals surface area contributed by atoms with Gasteiger partial charge in [0, 0.05) is 32.1 Å². The summed E-state index contributed by atoms with van der Waals surface area (Å²) in [6.07, 6.45) is 6.95. The Morgan fingerprint density at radius 1 is 1.15 bits per heavy atom. The van der Waals surface area contributed by atoms with Crippen LogP contribution in [0.3, 0.4) is 0 Å². The fourth-order valence-corrected chi connectivity index (χ4v) is 2.28. The number of amides is 1. The fraction of sp³-hybridized carbons (Fsp3) is 0.150. The van der Waals surface area contributed by atoms with Gasteiger partial charge in [0.15, 0.2) is 12.4 Å². The van der Waals surface area contributed by atoms with E-state index in [1.54, 1.807) is 44.4 Å². The van der Waals surface area contributed by atoms with E-state index in [1.807, 2.05) is 35.0 Å². The Morgan fingerprint density at radius 2 is 1.92 bits per heavy atom. The number of likely N-dealkylation sites (N-methyl/N-ethyl adjacent to an activating group) is 1. The molecule has 0 unspecified atom stereocenters. The Labute approximate surface area is 151 Å². The molecule has 0 radical (unpaired) electrons. The first-order valence-electron chi connectivity index (χ1n) is 8.12. The summed E-state index contributed by atoms with van der Waals surface area (Å²) < 4.78 is 7.29. The molecule has 0 atom stereocenters. The van der Waals surface area contributed by atoms with Crippen molar-refractivity contribution in [1.29, 1.82) is 0 Å². The Balaban J connectivity index is 1.63. The zero-order chi connectivity index (χ0) is 18.5. The van der Waals surface area contributed by atoms with Crippen molar-refractivity contribution in [1.82, 2.24) is 14.3 Å². The maximum atomic E-state index is 12.3. The van der Waals surface area contributed by atoms with Crippen molar-refractivity contribution in [2.45, 2.75) is 0 Å². The van der Waals surface area contributed by atoms with Crippen LogP contribution in [0.1, 0.15) is 16.1 Å². The standard InChI is InChI=1S/C20H19N3O3/c1-22(2)20(25)14-26-17-9-6-15(7-10-17)18(24)11-8-16-13-23-12-4-3-5-19(23)21-16/h3-13H,14H2,1-2H3. The van der Waals surface area contributed by atoms with Crippen LogP contribution < -0.4 is 4.74 Å². The number of carbonyl (C=O) groups is 2. The topological polar surface area (TPSA) is 63.9 Å². The maximum Gasteiger partial charge on any atom is 0.259 e. The van der Waals surface area contributed by atoms with Gasteiger partial charge in [0.1, 0.15) is 11.4 Å². The molecule has 0 bridgehead atoms. The average Bonchev–Trinajstić information content (AvgIpc) is 3.07. The van der Waals surface area contributed by atoms with E-state index in [9.17, 15) is 9.59 Å². The number of ether oxygens (including phenoxy) is 1. The Hall–Kier alpha value is -3.41. The van der Waals surface area contributed by atoms with E-state index in [1.165, 1.54) is 11.0 Å². The SMILES string of the molecule is CN(C)C(=O)COc1ccc(C(=O)C=Cc2cn3ccccc3n2)cc1. The summed E-state index contributed by atoms with van der Waals surface area (Å²) in [6, 6.07) is 12.4. The lowest BCUT2D eigenvalue weighted by Gasteiger charge is -2.11. The van der Waals surface area contributed by atoms with Crippen molar-refractivity contribution < 1.29 is 14.3 Å². The van der Waals surface area contributed by atoms with Gasteiger partial charge in [0.25, 0.3) is 5.91 Å². The third-order valence-corrected chi connectivity index (χ3v) is 3.79. The molecule has 0 fully saturated rings. The number of rotatable bonds is 6. The summed E-state index contributed by atoms with van der Waals surface area (Å²) in [7, 11) is 3.34. The molecular formula is C20H19N3O3. The highest BCUT2D eigenvalue weighted by atomic mass is 16.5. The molecule has 0 spiro atoms. The van der Waals surface area contributed by atoms with Crippen LogP contribution in [0.15, 0.2) is 60.9 Å². The number of allylic oxidation sites excluding steroid dienone is 1. The van der Waals surface area contributed by atoms with Gasteiger partial charge < -0.3 is 14.0 Å². The number of nitrogens with zero attached hydrogens (tertiary/aromatic N) is 3. The maximum absolute atomic E-state index is 12.3. The second-order valence-electron chi connectivity index (χ2n) is 5.93. The van der Waals surface area contributed by atoms with Gasteiger partial charge >= 0.3 is 0 Å². The molecule has 2 heterocycles. The molecule has 1 amide bonds. The lowest BCUT2D eigenvalue weighted by molar-refractivity contribution is -0.130. The summed E-state index contributed by atoms with van der Waals surface area (Å²) in [5.41, 5.74) is 2.08. The van der Waals surface area contributed by atoms with Gasteiger partial charge in [0.2, 0.25) is 0 Å². The van der Waals surface area contributed by atoms with Crippen molar-refractivity contribution in [3.05, 3.63) is 72.2 Å². The number of hydrogen-bond acceptors (Lipinski definition) is 4. The van der Waals surface area contributed by atoms with Gasteiger partial charge in [-0.15, -0.1) is 0 Å². The monoisotopic (exact) mass is 349 g/mol. The Morgan fingerprint density at radius 3 is 2.62 bits per heavy atom. The molecule has 132 valence electrons. The van der Waals surface area contributed by atoms with E-state index in [4.69, 9.17) is 4.74 Å². The van der Waals surface area contributed by atoms with E-state index >= 15 is 0 Å². The first-order chi connectivity index (χ1) is 12.5. The highest BCUT2D eigenvalue weighted by Gasteiger charge is 2.06. The van der Waals surface area contributed by atoms with Gasteiger partial charge in [-0.1, -0.05) is 6.07 Å². The molecule has 6 heteroatoms. The second kappa shape index (κ2) is 7.65. The number of hydrogen-bond donors (Lipinski definition) is 0. The van der Waals surface area contributed by atoms with Crippen molar-refractivity contribution >= 4 is 23.4 Å². The molecule has 3 aromatic rings. The predicted molar refractivity (Wildman–Crippen MR) is 99.2 cm³/mol. The van der Waals surface area contributed by atoms with E-state index in [0.717, 1.165) is 5.65 Å². The first-order valence-corrected chi connectivity index (χ1v) is 8.12. The minimum absolute atomic E-state index is 0.0337. The largest absolute Gasteiger partial charge is 0.484 e. The zero-order valence-corrected chi connectivity index (χ0v) is 14.6. The van der Waals surface area contributed by atoms with E-state index < -0.39 is 0 Å². The quantitative estimate of drug-likeness (QED) is 0.507. The zero-order valence-electron chi connectivity index (χ0n) is 14.6. The van der Waals surface area contributed by atoms with Gasteiger partial charge in [-0.05, 0) is 48.6 Å². The molecule has 26 heavy (non-hydrogen) atoms.